The van der Waals surface area contributed by atoms with E-state index in [9.17, 15) is 14.0 Å². The number of para-hydroxylation sites is 1. The molecule has 3 aromatic rings. The summed E-state index contributed by atoms with van der Waals surface area (Å²) in [5.41, 5.74) is 11.2. The van der Waals surface area contributed by atoms with Gasteiger partial charge in [-0.15, -0.1) is 0 Å². The van der Waals surface area contributed by atoms with Crippen LogP contribution in [0.15, 0.2) is 48.5 Å². The van der Waals surface area contributed by atoms with Crippen LogP contribution in [0.4, 0.5) is 14.6 Å². The second kappa shape index (κ2) is 10.3. The quantitative estimate of drug-likeness (QED) is 0.436. The Bertz CT molecular complexity index is 1260. The second-order valence-electron chi connectivity index (χ2n) is 8.52. The number of anilines is 1. The summed E-state index contributed by atoms with van der Waals surface area (Å²) in [6.07, 6.45) is 0.134. The lowest BCUT2D eigenvalue weighted by atomic mass is 9.94. The maximum absolute atomic E-state index is 15.2. The minimum absolute atomic E-state index is 0.0695. The molecule has 2 amide bonds. The molecule has 0 spiro atoms. The summed E-state index contributed by atoms with van der Waals surface area (Å²) in [5, 5.41) is 7.20. The number of carbonyl (C=O) groups is 2. The first-order valence-corrected chi connectivity index (χ1v) is 11.3. The van der Waals surface area contributed by atoms with Gasteiger partial charge in [0.15, 0.2) is 5.67 Å². The Balaban J connectivity index is 1.57. The van der Waals surface area contributed by atoms with Gasteiger partial charge in [-0.05, 0) is 24.1 Å². The monoisotopic (exact) mass is 499 g/mol. The number of nitrogen functional groups attached to an aromatic ring is 1. The van der Waals surface area contributed by atoms with E-state index in [1.807, 2.05) is 0 Å². The van der Waals surface area contributed by atoms with Crippen molar-refractivity contribution in [2.45, 2.75) is 24.7 Å². The van der Waals surface area contributed by atoms with E-state index >= 15 is 4.39 Å². The van der Waals surface area contributed by atoms with Gasteiger partial charge in [0.2, 0.25) is 0 Å². The predicted octanol–water partition coefficient (Wildman–Crippen LogP) is 2.81. The molecule has 1 fully saturated rings. The third kappa shape index (κ3) is 4.74. The van der Waals surface area contributed by atoms with Crippen molar-refractivity contribution in [3.63, 3.8) is 0 Å². The Morgan fingerprint density at radius 1 is 1.25 bits per heavy atom. The minimum atomic E-state index is -2.33. The Labute approximate surface area is 206 Å². The summed E-state index contributed by atoms with van der Waals surface area (Å²) < 4.78 is 40.2. The summed E-state index contributed by atoms with van der Waals surface area (Å²) >= 11 is 0. The van der Waals surface area contributed by atoms with Crippen molar-refractivity contribution in [3.8, 4) is 17.0 Å². The van der Waals surface area contributed by atoms with Crippen molar-refractivity contribution in [3.05, 3.63) is 65.2 Å². The Kier molecular flexibility index (Phi) is 7.20. The fourth-order valence-corrected chi connectivity index (χ4v) is 4.28. The molecule has 11 heteroatoms. The zero-order valence-corrected chi connectivity index (χ0v) is 19.7. The van der Waals surface area contributed by atoms with Crippen LogP contribution in [0.2, 0.25) is 0 Å². The Morgan fingerprint density at radius 3 is 2.64 bits per heavy atom. The van der Waals surface area contributed by atoms with Crippen LogP contribution in [-0.4, -0.2) is 54.3 Å². The number of aromatic nitrogens is 2. The van der Waals surface area contributed by atoms with Gasteiger partial charge in [-0.25, -0.2) is 13.5 Å². The molecule has 2 unspecified atom stereocenters. The summed E-state index contributed by atoms with van der Waals surface area (Å²) in [6.45, 7) is -1.29. The zero-order valence-electron chi connectivity index (χ0n) is 19.7. The number of primary amides is 1. The molecule has 0 radical (unpaired) electrons. The predicted molar refractivity (Wildman–Crippen MR) is 129 cm³/mol. The van der Waals surface area contributed by atoms with Crippen LogP contribution in [0, 0.1) is 0 Å². The summed E-state index contributed by atoms with van der Waals surface area (Å²) in [6, 6.07) is 12.7. The van der Waals surface area contributed by atoms with E-state index in [4.69, 9.17) is 20.9 Å². The lowest BCUT2D eigenvalue weighted by molar-refractivity contribution is -0.0807. The van der Waals surface area contributed by atoms with Crippen LogP contribution >= 0.6 is 0 Å². The van der Waals surface area contributed by atoms with E-state index in [0.29, 0.717) is 16.9 Å². The number of carbonyl (C=O) groups excluding carboxylic acids is 2. The molecule has 5 N–H and O–H groups in total. The molecule has 1 aliphatic heterocycles. The molecule has 2 heterocycles. The van der Waals surface area contributed by atoms with Crippen LogP contribution in [0.1, 0.15) is 38.7 Å². The number of nitrogens with zero attached hydrogens (tertiary/aromatic N) is 2. The molecule has 36 heavy (non-hydrogen) atoms. The van der Waals surface area contributed by atoms with Gasteiger partial charge in [0.1, 0.15) is 29.5 Å². The number of alkyl halides is 2. The summed E-state index contributed by atoms with van der Waals surface area (Å²) in [7, 11) is 1.49. The summed E-state index contributed by atoms with van der Waals surface area (Å²) in [5.74, 6) is -0.795. The largest absolute Gasteiger partial charge is 0.496 e. The molecule has 1 aliphatic rings. The topological polar surface area (TPSA) is 134 Å². The molecule has 2 atom stereocenters. The van der Waals surface area contributed by atoms with Gasteiger partial charge in [-0.2, -0.15) is 5.10 Å². The Morgan fingerprint density at radius 2 is 1.97 bits per heavy atom. The maximum atomic E-state index is 15.2. The van der Waals surface area contributed by atoms with Gasteiger partial charge in [-0.1, -0.05) is 36.4 Å². The van der Waals surface area contributed by atoms with Crippen LogP contribution in [0.3, 0.4) is 0 Å². The molecule has 0 saturated carbocycles. The number of benzene rings is 2. The number of methoxy groups -OCH3 is 1. The van der Waals surface area contributed by atoms with Crippen LogP contribution in [0.25, 0.3) is 11.3 Å². The highest BCUT2D eigenvalue weighted by molar-refractivity contribution is 6.03. The van der Waals surface area contributed by atoms with Crippen LogP contribution in [-0.2, 0) is 11.3 Å². The molecular formula is C25H27F2N5O4. The van der Waals surface area contributed by atoms with Gasteiger partial charge in [0.25, 0.3) is 11.8 Å². The third-order valence-corrected chi connectivity index (χ3v) is 6.22. The third-order valence-electron chi connectivity index (χ3n) is 6.22. The molecule has 1 saturated heterocycles. The highest BCUT2D eigenvalue weighted by atomic mass is 19.2. The number of nitrogens with one attached hydrogen (secondary N) is 1. The van der Waals surface area contributed by atoms with Crippen molar-refractivity contribution in [1.82, 2.24) is 15.1 Å². The maximum Gasteiger partial charge on any atom is 0.255 e. The van der Waals surface area contributed by atoms with E-state index in [-0.39, 0.29) is 42.6 Å². The zero-order chi connectivity index (χ0) is 25.9. The minimum Gasteiger partial charge on any atom is -0.496 e. The number of hydrogen-bond donors (Lipinski definition) is 3. The number of hydrogen-bond acceptors (Lipinski definition) is 6. The number of halogens is 2. The van der Waals surface area contributed by atoms with Gasteiger partial charge < -0.3 is 26.3 Å². The van der Waals surface area contributed by atoms with E-state index in [2.05, 4.69) is 10.4 Å². The van der Waals surface area contributed by atoms with Crippen molar-refractivity contribution < 1.29 is 27.8 Å². The van der Waals surface area contributed by atoms with Crippen molar-refractivity contribution in [1.29, 1.82) is 0 Å². The molecule has 2 aromatic carbocycles. The number of ether oxygens (including phenoxy) is 2. The van der Waals surface area contributed by atoms with E-state index in [1.165, 1.54) is 7.11 Å². The first-order chi connectivity index (χ1) is 17.3. The second-order valence-corrected chi connectivity index (χ2v) is 8.52. The molecule has 190 valence electrons. The average molecular weight is 500 g/mol. The fraction of sp³-hybridized carbons (Fsp3) is 0.320. The van der Waals surface area contributed by atoms with Crippen LogP contribution in [0.5, 0.6) is 5.75 Å². The molecule has 4 rings (SSSR count). The lowest BCUT2D eigenvalue weighted by Crippen LogP contribution is -2.46. The Hall–Kier alpha value is -3.99. The van der Waals surface area contributed by atoms with Crippen molar-refractivity contribution >= 4 is 17.6 Å². The number of amides is 2. The van der Waals surface area contributed by atoms with Crippen molar-refractivity contribution in [2.24, 2.45) is 5.73 Å². The highest BCUT2D eigenvalue weighted by Crippen LogP contribution is 2.39. The van der Waals surface area contributed by atoms with E-state index in [0.717, 1.165) is 10.2 Å². The molecule has 1 aromatic heterocycles. The first kappa shape index (κ1) is 25.1. The molecule has 9 nitrogen and oxygen atoms in total. The molecule has 0 aliphatic carbocycles. The number of rotatable bonds is 8. The van der Waals surface area contributed by atoms with Gasteiger partial charge in [0.05, 0.1) is 25.3 Å². The summed E-state index contributed by atoms with van der Waals surface area (Å²) in [4.78, 5) is 24.8. The van der Waals surface area contributed by atoms with E-state index < -0.39 is 30.9 Å². The lowest BCUT2D eigenvalue weighted by Gasteiger charge is -2.35. The van der Waals surface area contributed by atoms with Gasteiger partial charge in [-0.3, -0.25) is 9.59 Å². The van der Waals surface area contributed by atoms with Crippen LogP contribution < -0.4 is 21.5 Å². The molecular weight excluding hydrogens is 472 g/mol. The molecule has 0 bridgehead atoms. The first-order valence-electron chi connectivity index (χ1n) is 11.3. The normalized spacial score (nSPS) is 19.6. The smallest absolute Gasteiger partial charge is 0.255 e. The van der Waals surface area contributed by atoms with E-state index in [1.54, 1.807) is 48.5 Å². The number of nitrogens with two attached hydrogens (primary N) is 2. The van der Waals surface area contributed by atoms with Gasteiger partial charge >= 0.3 is 0 Å². The highest BCUT2D eigenvalue weighted by Gasteiger charge is 2.45. The van der Waals surface area contributed by atoms with Gasteiger partial charge in [0, 0.05) is 18.7 Å². The fourth-order valence-electron chi connectivity index (χ4n) is 4.28. The standard InChI is InChI=1S/C25H27F2N5O4/c1-35-18-5-3-2-4-17(18)24(34)30-12-15-6-8-16(9-7-15)21-20(23(29)33)22(28)32(31-21)19-10-11-36-14-25(19,27)13-26/h2-9,19H,10-14,28H2,1H3,(H2,29,33)(H,30,34). The average Bonchev–Trinajstić information content (AvgIpc) is 3.24. The SMILES string of the molecule is COc1ccccc1C(=O)NCc1ccc(-c2nn(C3CCOCC3(F)CF)c(N)c2C(N)=O)cc1. The van der Waals surface area contributed by atoms with Crippen molar-refractivity contribution in [2.75, 3.05) is 32.7 Å².